The Morgan fingerprint density at radius 2 is 2.11 bits per heavy atom. The fourth-order valence-corrected chi connectivity index (χ4v) is 2.75. The van der Waals surface area contributed by atoms with Crippen molar-refractivity contribution in [2.75, 3.05) is 6.54 Å². The van der Waals surface area contributed by atoms with Gasteiger partial charge in [-0.05, 0) is 38.6 Å². The van der Waals surface area contributed by atoms with Crippen LogP contribution in [-0.2, 0) is 7.05 Å². The average Bonchev–Trinajstić information content (AvgIpc) is 3.07. The van der Waals surface area contributed by atoms with Crippen molar-refractivity contribution in [3.05, 3.63) is 18.0 Å². The van der Waals surface area contributed by atoms with Gasteiger partial charge in [0.15, 0.2) is 0 Å². The molecule has 0 aliphatic heterocycles. The molecule has 19 heavy (non-hydrogen) atoms. The molecule has 2 rings (SSSR count). The van der Waals surface area contributed by atoms with E-state index in [9.17, 15) is 0 Å². The zero-order valence-electron chi connectivity index (χ0n) is 12.7. The van der Waals surface area contributed by atoms with Crippen LogP contribution < -0.4 is 5.73 Å². The van der Waals surface area contributed by atoms with Gasteiger partial charge in [-0.15, -0.1) is 0 Å². The molecule has 2 N–H and O–H groups in total. The number of rotatable bonds is 7. The van der Waals surface area contributed by atoms with E-state index in [4.69, 9.17) is 5.73 Å². The van der Waals surface area contributed by atoms with Crippen LogP contribution in [-0.4, -0.2) is 33.3 Å². The first-order chi connectivity index (χ1) is 8.99. The van der Waals surface area contributed by atoms with Gasteiger partial charge in [0, 0.05) is 30.9 Å². The van der Waals surface area contributed by atoms with Crippen LogP contribution in [0.25, 0.3) is 0 Å². The molecule has 108 valence electrons. The second kappa shape index (κ2) is 6.06. The lowest BCUT2D eigenvalue weighted by Crippen LogP contribution is -2.41. The van der Waals surface area contributed by atoms with E-state index >= 15 is 0 Å². The Labute approximate surface area is 117 Å². The minimum atomic E-state index is 0.136. The topological polar surface area (TPSA) is 47.1 Å². The van der Waals surface area contributed by atoms with Crippen LogP contribution in [0.2, 0.25) is 0 Å². The third-order valence-electron chi connectivity index (χ3n) is 3.90. The van der Waals surface area contributed by atoms with Crippen LogP contribution in [0.15, 0.2) is 12.4 Å². The van der Waals surface area contributed by atoms with Gasteiger partial charge < -0.3 is 5.73 Å². The predicted molar refractivity (Wildman–Crippen MR) is 78.8 cm³/mol. The van der Waals surface area contributed by atoms with Gasteiger partial charge in [-0.3, -0.25) is 9.58 Å². The van der Waals surface area contributed by atoms with E-state index in [1.807, 2.05) is 17.9 Å². The van der Waals surface area contributed by atoms with Gasteiger partial charge >= 0.3 is 0 Å². The van der Waals surface area contributed by atoms with Crippen molar-refractivity contribution in [3.63, 3.8) is 0 Å². The maximum absolute atomic E-state index is 6.27. The van der Waals surface area contributed by atoms with Crippen molar-refractivity contribution in [1.29, 1.82) is 0 Å². The van der Waals surface area contributed by atoms with Crippen LogP contribution >= 0.6 is 0 Å². The zero-order chi connectivity index (χ0) is 14.0. The molecule has 0 saturated heterocycles. The lowest BCUT2D eigenvalue weighted by molar-refractivity contribution is 0.157. The van der Waals surface area contributed by atoms with Crippen molar-refractivity contribution in [1.82, 2.24) is 14.7 Å². The summed E-state index contributed by atoms with van der Waals surface area (Å²) in [6, 6.07) is 1.17. The highest BCUT2D eigenvalue weighted by Gasteiger charge is 2.36. The Hall–Kier alpha value is -0.870. The van der Waals surface area contributed by atoms with E-state index in [2.05, 4.69) is 37.0 Å². The first-order valence-corrected chi connectivity index (χ1v) is 7.49. The van der Waals surface area contributed by atoms with Crippen molar-refractivity contribution in [3.8, 4) is 0 Å². The zero-order valence-corrected chi connectivity index (χ0v) is 12.7. The Morgan fingerprint density at radius 1 is 1.42 bits per heavy atom. The molecule has 4 heteroatoms. The Morgan fingerprint density at radius 3 is 2.53 bits per heavy atom. The molecule has 4 nitrogen and oxygen atoms in total. The Kier molecular flexibility index (Phi) is 4.63. The van der Waals surface area contributed by atoms with E-state index in [1.165, 1.54) is 24.8 Å². The third kappa shape index (κ3) is 3.80. The average molecular weight is 264 g/mol. The summed E-state index contributed by atoms with van der Waals surface area (Å²) in [6.07, 6.45) is 7.96. The number of aromatic nitrogens is 2. The van der Waals surface area contributed by atoms with Crippen molar-refractivity contribution in [2.24, 2.45) is 18.7 Å². The molecule has 1 aromatic heterocycles. The van der Waals surface area contributed by atoms with Gasteiger partial charge in [0.05, 0.1) is 12.2 Å². The molecule has 2 unspecified atom stereocenters. The second-order valence-electron chi connectivity index (χ2n) is 6.40. The number of nitrogens with two attached hydrogens (primary N) is 1. The molecule has 2 atom stereocenters. The van der Waals surface area contributed by atoms with E-state index < -0.39 is 0 Å². The summed E-state index contributed by atoms with van der Waals surface area (Å²) in [5.74, 6) is 0.740. The molecule has 0 spiro atoms. The summed E-state index contributed by atoms with van der Waals surface area (Å²) < 4.78 is 1.87. The highest BCUT2D eigenvalue weighted by molar-refractivity contribution is 5.14. The second-order valence-corrected chi connectivity index (χ2v) is 6.40. The molecule has 1 aliphatic rings. The van der Waals surface area contributed by atoms with Gasteiger partial charge in [-0.2, -0.15) is 5.10 Å². The minimum absolute atomic E-state index is 0.136. The maximum Gasteiger partial charge on any atom is 0.0538 e. The van der Waals surface area contributed by atoms with E-state index in [1.54, 1.807) is 0 Å². The standard InChI is InChI=1S/C15H28N4/c1-11(2)7-8-19(14-5-6-14)15(12(3)16)13-9-17-18(4)10-13/h9-12,14-15H,5-8,16H2,1-4H3. The molecule has 1 aromatic rings. The van der Waals surface area contributed by atoms with E-state index in [-0.39, 0.29) is 6.04 Å². The molecule has 0 radical (unpaired) electrons. The fourth-order valence-electron chi connectivity index (χ4n) is 2.75. The van der Waals surface area contributed by atoms with E-state index in [0.717, 1.165) is 18.5 Å². The molecule has 0 amide bonds. The highest BCUT2D eigenvalue weighted by Crippen LogP contribution is 2.36. The first kappa shape index (κ1) is 14.5. The minimum Gasteiger partial charge on any atom is -0.326 e. The summed E-state index contributed by atoms with van der Waals surface area (Å²) in [4.78, 5) is 2.61. The molecule has 0 aromatic carbocycles. The fraction of sp³-hybridized carbons (Fsp3) is 0.800. The summed E-state index contributed by atoms with van der Waals surface area (Å²) in [5, 5.41) is 4.31. The normalized spacial score (nSPS) is 19.1. The smallest absolute Gasteiger partial charge is 0.0538 e. The Balaban J connectivity index is 2.14. The number of hydrogen-bond acceptors (Lipinski definition) is 3. The van der Waals surface area contributed by atoms with Gasteiger partial charge in [0.2, 0.25) is 0 Å². The van der Waals surface area contributed by atoms with Gasteiger partial charge in [0.25, 0.3) is 0 Å². The van der Waals surface area contributed by atoms with Gasteiger partial charge in [0.1, 0.15) is 0 Å². The van der Waals surface area contributed by atoms with Crippen molar-refractivity contribution >= 4 is 0 Å². The number of aryl methyl sites for hydroxylation is 1. The SMILES string of the molecule is CC(C)CCN(C1CC1)C(c1cnn(C)c1)C(C)N. The predicted octanol–water partition coefficient (Wildman–Crippen LogP) is 2.32. The molecular formula is C15H28N4. The molecule has 0 bridgehead atoms. The quantitative estimate of drug-likeness (QED) is 0.822. The molecule has 1 heterocycles. The summed E-state index contributed by atoms with van der Waals surface area (Å²) in [5.41, 5.74) is 7.53. The monoisotopic (exact) mass is 264 g/mol. The molecule has 1 saturated carbocycles. The Bertz CT molecular complexity index is 393. The van der Waals surface area contributed by atoms with Crippen LogP contribution in [0, 0.1) is 5.92 Å². The van der Waals surface area contributed by atoms with Crippen molar-refractivity contribution in [2.45, 2.75) is 58.2 Å². The molecule has 1 aliphatic carbocycles. The van der Waals surface area contributed by atoms with Gasteiger partial charge in [-0.1, -0.05) is 13.8 Å². The third-order valence-corrected chi connectivity index (χ3v) is 3.90. The van der Waals surface area contributed by atoms with Crippen LogP contribution in [0.4, 0.5) is 0 Å². The number of hydrogen-bond donors (Lipinski definition) is 1. The molecular weight excluding hydrogens is 236 g/mol. The maximum atomic E-state index is 6.27. The van der Waals surface area contributed by atoms with Crippen molar-refractivity contribution < 1.29 is 0 Å². The van der Waals surface area contributed by atoms with Crippen LogP contribution in [0.5, 0.6) is 0 Å². The lowest BCUT2D eigenvalue weighted by atomic mass is 10.0. The summed E-state index contributed by atoms with van der Waals surface area (Å²) in [6.45, 7) is 7.83. The van der Waals surface area contributed by atoms with Crippen LogP contribution in [0.1, 0.15) is 51.6 Å². The highest BCUT2D eigenvalue weighted by atomic mass is 15.3. The first-order valence-electron chi connectivity index (χ1n) is 7.49. The molecule has 1 fully saturated rings. The summed E-state index contributed by atoms with van der Waals surface area (Å²) >= 11 is 0. The van der Waals surface area contributed by atoms with E-state index in [0.29, 0.717) is 6.04 Å². The lowest BCUT2D eigenvalue weighted by Gasteiger charge is -2.34. The van der Waals surface area contributed by atoms with Crippen LogP contribution in [0.3, 0.4) is 0 Å². The largest absolute Gasteiger partial charge is 0.326 e. The summed E-state index contributed by atoms with van der Waals surface area (Å²) in [7, 11) is 1.97. The van der Waals surface area contributed by atoms with Gasteiger partial charge in [-0.25, -0.2) is 0 Å². The number of nitrogens with zero attached hydrogens (tertiary/aromatic N) is 3.